The van der Waals surface area contributed by atoms with Crippen LogP contribution in [0.15, 0.2) is 36.5 Å². The molecule has 20 heavy (non-hydrogen) atoms. The van der Waals surface area contributed by atoms with Gasteiger partial charge in [-0.25, -0.2) is 0 Å². The lowest BCUT2D eigenvalue weighted by Crippen LogP contribution is -2.32. The lowest BCUT2D eigenvalue weighted by atomic mass is 10.2. The lowest BCUT2D eigenvalue weighted by molar-refractivity contribution is -0.132. The van der Waals surface area contributed by atoms with Crippen LogP contribution in [0.3, 0.4) is 0 Å². The van der Waals surface area contributed by atoms with Gasteiger partial charge in [0.2, 0.25) is 0 Å². The molecule has 2 aromatic rings. The number of fused-ring (bicyclic) bond motifs is 1. The zero-order valence-corrected chi connectivity index (χ0v) is 12.0. The summed E-state index contributed by atoms with van der Waals surface area (Å²) in [5.74, 6) is 0.645. The van der Waals surface area contributed by atoms with Crippen molar-refractivity contribution >= 4 is 16.8 Å². The topological polar surface area (TPSA) is 42.4 Å². The first-order valence-corrected chi connectivity index (χ1v) is 6.93. The molecular formula is C16H20N2O2. The van der Waals surface area contributed by atoms with Crippen LogP contribution in [0, 0.1) is 0 Å². The number of amides is 1. The zero-order valence-electron chi connectivity index (χ0n) is 12.0. The number of ether oxygens (including phenoxy) is 1. The van der Waals surface area contributed by atoms with Crippen LogP contribution in [0.1, 0.15) is 19.8 Å². The molecule has 1 heterocycles. The van der Waals surface area contributed by atoms with E-state index in [2.05, 4.69) is 11.9 Å². The molecule has 0 saturated heterocycles. The Bertz CT molecular complexity index is 578. The number of benzene rings is 1. The number of hydrogen-bond donors (Lipinski definition) is 0. The third kappa shape index (κ3) is 3.47. The van der Waals surface area contributed by atoms with E-state index in [-0.39, 0.29) is 12.5 Å². The molecular weight excluding hydrogens is 252 g/mol. The maximum atomic E-state index is 11.9. The van der Waals surface area contributed by atoms with Crippen molar-refractivity contribution in [3.8, 4) is 5.75 Å². The fourth-order valence-electron chi connectivity index (χ4n) is 1.96. The molecule has 106 valence electrons. The molecule has 1 aromatic heterocycles. The van der Waals surface area contributed by atoms with E-state index >= 15 is 0 Å². The second-order valence-electron chi connectivity index (χ2n) is 4.79. The average molecular weight is 272 g/mol. The van der Waals surface area contributed by atoms with Crippen LogP contribution in [0.5, 0.6) is 5.75 Å². The Morgan fingerprint density at radius 1 is 1.30 bits per heavy atom. The molecule has 1 aromatic carbocycles. The highest BCUT2D eigenvalue weighted by Crippen LogP contribution is 2.22. The van der Waals surface area contributed by atoms with E-state index < -0.39 is 0 Å². The molecule has 0 atom stereocenters. The third-order valence-electron chi connectivity index (χ3n) is 3.22. The number of aromatic nitrogens is 1. The van der Waals surface area contributed by atoms with Crippen LogP contribution in [0.25, 0.3) is 10.9 Å². The molecule has 0 spiro atoms. The second kappa shape index (κ2) is 6.89. The number of nitrogens with zero attached hydrogens (tertiary/aromatic N) is 2. The van der Waals surface area contributed by atoms with Crippen molar-refractivity contribution in [3.05, 3.63) is 36.5 Å². The highest BCUT2D eigenvalue weighted by atomic mass is 16.5. The predicted molar refractivity (Wildman–Crippen MR) is 79.8 cm³/mol. The van der Waals surface area contributed by atoms with E-state index in [1.165, 1.54) is 0 Å². The molecule has 2 rings (SSSR count). The van der Waals surface area contributed by atoms with Gasteiger partial charge in [-0.1, -0.05) is 31.5 Å². The minimum absolute atomic E-state index is 0.00798. The lowest BCUT2D eigenvalue weighted by Gasteiger charge is -2.17. The second-order valence-corrected chi connectivity index (χ2v) is 4.79. The van der Waals surface area contributed by atoms with Gasteiger partial charge in [0, 0.05) is 25.2 Å². The first-order chi connectivity index (χ1) is 9.72. The number of rotatable bonds is 6. The molecule has 0 aliphatic carbocycles. The summed E-state index contributed by atoms with van der Waals surface area (Å²) in [7, 11) is 1.81. The standard InChI is InChI=1S/C16H20N2O2/c1-3-4-11-18(2)15(19)12-20-14-9-5-7-13-8-6-10-17-16(13)14/h5-10H,3-4,11-12H2,1-2H3. The van der Waals surface area contributed by atoms with Crippen molar-refractivity contribution in [3.63, 3.8) is 0 Å². The van der Waals surface area contributed by atoms with E-state index in [1.54, 1.807) is 11.1 Å². The summed E-state index contributed by atoms with van der Waals surface area (Å²) >= 11 is 0. The first kappa shape index (κ1) is 14.3. The monoisotopic (exact) mass is 272 g/mol. The summed E-state index contributed by atoms with van der Waals surface area (Å²) in [6.07, 6.45) is 3.81. The zero-order chi connectivity index (χ0) is 14.4. The maximum absolute atomic E-state index is 11.9. The molecule has 0 fully saturated rings. The van der Waals surface area contributed by atoms with Gasteiger partial charge in [-0.3, -0.25) is 9.78 Å². The van der Waals surface area contributed by atoms with Crippen molar-refractivity contribution in [2.24, 2.45) is 0 Å². The Hall–Kier alpha value is -2.10. The fourth-order valence-corrected chi connectivity index (χ4v) is 1.96. The van der Waals surface area contributed by atoms with Crippen LogP contribution in [0.4, 0.5) is 0 Å². The first-order valence-electron chi connectivity index (χ1n) is 6.93. The Morgan fingerprint density at radius 3 is 2.90 bits per heavy atom. The molecule has 0 saturated carbocycles. The Kier molecular flexibility index (Phi) is 4.93. The Morgan fingerprint density at radius 2 is 2.10 bits per heavy atom. The minimum Gasteiger partial charge on any atom is -0.481 e. The minimum atomic E-state index is -0.00798. The Balaban J connectivity index is 2.01. The van der Waals surface area contributed by atoms with E-state index in [4.69, 9.17) is 4.74 Å². The van der Waals surface area contributed by atoms with Gasteiger partial charge in [0.05, 0.1) is 0 Å². The van der Waals surface area contributed by atoms with Gasteiger partial charge >= 0.3 is 0 Å². The van der Waals surface area contributed by atoms with E-state index in [9.17, 15) is 4.79 Å². The van der Waals surface area contributed by atoms with E-state index in [0.717, 1.165) is 30.3 Å². The molecule has 4 heteroatoms. The number of carbonyl (C=O) groups excluding carboxylic acids is 1. The molecule has 0 unspecified atom stereocenters. The number of para-hydroxylation sites is 1. The predicted octanol–water partition coefficient (Wildman–Crippen LogP) is 2.87. The quantitative estimate of drug-likeness (QED) is 0.812. The fraction of sp³-hybridized carbons (Fsp3) is 0.375. The van der Waals surface area contributed by atoms with Gasteiger partial charge in [-0.2, -0.15) is 0 Å². The van der Waals surface area contributed by atoms with Crippen LogP contribution >= 0.6 is 0 Å². The summed E-state index contributed by atoms with van der Waals surface area (Å²) in [5, 5.41) is 1.01. The van der Waals surface area contributed by atoms with Crippen LogP contribution in [0.2, 0.25) is 0 Å². The molecule has 4 nitrogen and oxygen atoms in total. The van der Waals surface area contributed by atoms with Gasteiger partial charge in [0.25, 0.3) is 5.91 Å². The maximum Gasteiger partial charge on any atom is 0.260 e. The third-order valence-corrected chi connectivity index (χ3v) is 3.22. The normalized spacial score (nSPS) is 10.5. The number of likely N-dealkylation sites (N-methyl/N-ethyl adjacent to an activating group) is 1. The van der Waals surface area contributed by atoms with Gasteiger partial charge in [0.15, 0.2) is 6.61 Å². The van der Waals surface area contributed by atoms with Crippen molar-refractivity contribution < 1.29 is 9.53 Å². The number of pyridine rings is 1. The van der Waals surface area contributed by atoms with Gasteiger partial charge in [-0.05, 0) is 18.6 Å². The summed E-state index contributed by atoms with van der Waals surface area (Å²) < 4.78 is 5.63. The highest BCUT2D eigenvalue weighted by Gasteiger charge is 2.10. The van der Waals surface area contributed by atoms with Gasteiger partial charge in [-0.15, -0.1) is 0 Å². The molecule has 1 amide bonds. The van der Waals surface area contributed by atoms with Crippen molar-refractivity contribution in [2.45, 2.75) is 19.8 Å². The Labute approximate surface area is 119 Å². The number of carbonyl (C=O) groups is 1. The highest BCUT2D eigenvalue weighted by molar-refractivity contribution is 5.85. The molecule has 0 bridgehead atoms. The van der Waals surface area contributed by atoms with Gasteiger partial charge < -0.3 is 9.64 Å². The SMILES string of the molecule is CCCCN(C)C(=O)COc1cccc2cccnc12. The summed E-state index contributed by atoms with van der Waals surface area (Å²) in [6, 6.07) is 9.59. The number of unbranched alkanes of at least 4 members (excludes halogenated alkanes) is 1. The van der Waals surface area contributed by atoms with Crippen molar-refractivity contribution in [2.75, 3.05) is 20.2 Å². The average Bonchev–Trinajstić information content (AvgIpc) is 2.50. The summed E-state index contributed by atoms with van der Waals surface area (Å²) in [4.78, 5) is 18.0. The summed E-state index contributed by atoms with van der Waals surface area (Å²) in [6.45, 7) is 2.93. The van der Waals surface area contributed by atoms with Crippen LogP contribution in [-0.2, 0) is 4.79 Å². The van der Waals surface area contributed by atoms with Gasteiger partial charge in [0.1, 0.15) is 11.3 Å². The van der Waals surface area contributed by atoms with Crippen molar-refractivity contribution in [1.82, 2.24) is 9.88 Å². The smallest absolute Gasteiger partial charge is 0.260 e. The molecule has 0 aliphatic heterocycles. The van der Waals surface area contributed by atoms with E-state index in [0.29, 0.717) is 5.75 Å². The molecule has 0 N–H and O–H groups in total. The largest absolute Gasteiger partial charge is 0.481 e. The summed E-state index contributed by atoms with van der Waals surface area (Å²) in [5.41, 5.74) is 0.791. The molecule has 0 radical (unpaired) electrons. The van der Waals surface area contributed by atoms with Crippen LogP contribution < -0.4 is 4.74 Å². The van der Waals surface area contributed by atoms with Crippen molar-refractivity contribution in [1.29, 1.82) is 0 Å². The molecule has 0 aliphatic rings. The number of hydrogen-bond acceptors (Lipinski definition) is 3. The van der Waals surface area contributed by atoms with E-state index in [1.807, 2.05) is 37.4 Å². The van der Waals surface area contributed by atoms with Crippen LogP contribution in [-0.4, -0.2) is 36.0 Å².